The maximum absolute atomic E-state index is 5.96. The van der Waals surface area contributed by atoms with Crippen LogP contribution in [0.3, 0.4) is 0 Å². The molecule has 4 heteroatoms. The van der Waals surface area contributed by atoms with Crippen molar-refractivity contribution in [3.05, 3.63) is 23.8 Å². The topological polar surface area (TPSA) is 56.5 Å². The van der Waals surface area contributed by atoms with Crippen molar-refractivity contribution in [2.24, 2.45) is 0 Å². The molecular weight excluding hydrogens is 264 g/mol. The van der Waals surface area contributed by atoms with Gasteiger partial charge in [-0.2, -0.15) is 0 Å². The Labute approximate surface area is 129 Å². The quantitative estimate of drug-likeness (QED) is 0.486. The molecule has 4 nitrogen and oxygen atoms in total. The molecule has 0 fully saturated rings. The Morgan fingerprint density at radius 3 is 2.62 bits per heavy atom. The second kappa shape index (κ2) is 10.5. The smallest absolute Gasteiger partial charge is 0.142 e. The molecule has 0 aliphatic rings. The molecule has 0 radical (unpaired) electrons. The lowest BCUT2D eigenvalue weighted by Gasteiger charge is -2.10. The summed E-state index contributed by atoms with van der Waals surface area (Å²) in [6.45, 7) is 9.61. The summed E-state index contributed by atoms with van der Waals surface area (Å²) in [6, 6.07) is 6.07. The van der Waals surface area contributed by atoms with E-state index < -0.39 is 0 Å². The van der Waals surface area contributed by atoms with E-state index in [4.69, 9.17) is 15.2 Å². The van der Waals surface area contributed by atoms with E-state index in [1.165, 1.54) is 5.56 Å². The summed E-state index contributed by atoms with van der Waals surface area (Å²) in [5.74, 6) is 0.782. The Balaban J connectivity index is 2.11. The van der Waals surface area contributed by atoms with Crippen LogP contribution in [0.4, 0.5) is 5.69 Å². The average Bonchev–Trinajstić information content (AvgIpc) is 2.44. The van der Waals surface area contributed by atoms with E-state index in [1.807, 2.05) is 19.1 Å². The molecule has 0 aliphatic heterocycles. The van der Waals surface area contributed by atoms with Crippen LogP contribution in [-0.2, 0) is 11.2 Å². The lowest BCUT2D eigenvalue weighted by molar-refractivity contribution is 0.0771. The molecule has 120 valence electrons. The normalized spacial score (nSPS) is 11.0. The predicted molar refractivity (Wildman–Crippen MR) is 88.9 cm³/mol. The van der Waals surface area contributed by atoms with Gasteiger partial charge in [-0.15, -0.1) is 0 Å². The van der Waals surface area contributed by atoms with Gasteiger partial charge in [0.1, 0.15) is 5.75 Å². The van der Waals surface area contributed by atoms with Crippen molar-refractivity contribution in [1.29, 1.82) is 0 Å². The van der Waals surface area contributed by atoms with Crippen LogP contribution in [0, 0.1) is 0 Å². The number of benzene rings is 1. The van der Waals surface area contributed by atoms with Gasteiger partial charge in [-0.05, 0) is 70.8 Å². The average molecular weight is 294 g/mol. The first-order chi connectivity index (χ1) is 10.1. The third-order valence-corrected chi connectivity index (χ3v) is 3.14. The highest BCUT2D eigenvalue weighted by atomic mass is 16.5. The maximum Gasteiger partial charge on any atom is 0.142 e. The fraction of sp³-hybridized carbons (Fsp3) is 0.647. The molecule has 0 aliphatic carbocycles. The van der Waals surface area contributed by atoms with Crippen LogP contribution in [-0.4, -0.2) is 32.4 Å². The van der Waals surface area contributed by atoms with E-state index in [-0.39, 0.29) is 0 Å². The molecule has 1 aromatic rings. The molecule has 0 heterocycles. The van der Waals surface area contributed by atoms with Crippen LogP contribution in [0.15, 0.2) is 18.2 Å². The van der Waals surface area contributed by atoms with Crippen molar-refractivity contribution >= 4 is 5.69 Å². The van der Waals surface area contributed by atoms with E-state index in [9.17, 15) is 0 Å². The maximum atomic E-state index is 5.96. The second-order valence-corrected chi connectivity index (χ2v) is 5.43. The lowest BCUT2D eigenvalue weighted by Crippen LogP contribution is -2.19. The van der Waals surface area contributed by atoms with E-state index in [0.717, 1.165) is 50.4 Å². The Kier molecular flexibility index (Phi) is 8.87. The molecule has 1 aromatic carbocycles. The zero-order chi connectivity index (χ0) is 15.5. The van der Waals surface area contributed by atoms with Crippen LogP contribution < -0.4 is 15.8 Å². The second-order valence-electron chi connectivity index (χ2n) is 5.43. The van der Waals surface area contributed by atoms with E-state index >= 15 is 0 Å². The summed E-state index contributed by atoms with van der Waals surface area (Å²) in [7, 11) is 0. The van der Waals surface area contributed by atoms with Crippen molar-refractivity contribution < 1.29 is 9.47 Å². The summed E-state index contributed by atoms with van der Waals surface area (Å²) in [5, 5.41) is 3.44. The Bertz CT molecular complexity index is 394. The van der Waals surface area contributed by atoms with Crippen molar-refractivity contribution in [2.45, 2.75) is 46.1 Å². The van der Waals surface area contributed by atoms with Crippen molar-refractivity contribution in [3.63, 3.8) is 0 Å². The van der Waals surface area contributed by atoms with Gasteiger partial charge in [0.25, 0.3) is 0 Å². The highest BCUT2D eigenvalue weighted by molar-refractivity contribution is 5.54. The number of hydrogen-bond donors (Lipinski definition) is 2. The Hall–Kier alpha value is -1.26. The largest absolute Gasteiger partial charge is 0.492 e. The predicted octanol–water partition coefficient (Wildman–Crippen LogP) is 3.00. The molecule has 1 rings (SSSR count). The third-order valence-electron chi connectivity index (χ3n) is 3.14. The lowest BCUT2D eigenvalue weighted by atomic mass is 10.1. The van der Waals surface area contributed by atoms with Gasteiger partial charge in [0.2, 0.25) is 0 Å². The van der Waals surface area contributed by atoms with Gasteiger partial charge in [-0.3, -0.25) is 0 Å². The fourth-order valence-corrected chi connectivity index (χ4v) is 2.10. The van der Waals surface area contributed by atoms with Crippen LogP contribution in [0.25, 0.3) is 0 Å². The summed E-state index contributed by atoms with van der Waals surface area (Å²) in [6.07, 6.45) is 3.54. The van der Waals surface area contributed by atoms with Gasteiger partial charge in [-0.1, -0.05) is 6.07 Å². The first-order valence-electron chi connectivity index (χ1n) is 7.97. The van der Waals surface area contributed by atoms with Crippen LogP contribution in [0.2, 0.25) is 0 Å². The molecule has 0 amide bonds. The first-order valence-corrected chi connectivity index (χ1v) is 7.97. The Morgan fingerprint density at radius 2 is 1.95 bits per heavy atom. The molecule has 0 spiro atoms. The fourth-order valence-electron chi connectivity index (χ4n) is 2.10. The number of rotatable bonds is 11. The molecule has 0 bridgehead atoms. The molecule has 3 N–H and O–H groups in total. The third kappa shape index (κ3) is 7.93. The molecule has 0 aromatic heterocycles. The number of hydrogen-bond acceptors (Lipinski definition) is 4. The molecule has 0 saturated heterocycles. The zero-order valence-corrected chi connectivity index (χ0v) is 13.7. The minimum Gasteiger partial charge on any atom is -0.492 e. The van der Waals surface area contributed by atoms with Crippen molar-refractivity contribution in [1.82, 2.24) is 5.32 Å². The minimum atomic E-state index is 0.329. The SMILES string of the molecule is CCOc1ccc(CCCNCCCOC(C)C)cc1N. The summed E-state index contributed by atoms with van der Waals surface area (Å²) < 4.78 is 10.9. The Morgan fingerprint density at radius 1 is 1.19 bits per heavy atom. The summed E-state index contributed by atoms with van der Waals surface area (Å²) in [5.41, 5.74) is 7.96. The van der Waals surface area contributed by atoms with E-state index in [1.54, 1.807) is 0 Å². The molecule has 0 unspecified atom stereocenters. The number of ether oxygens (including phenoxy) is 2. The van der Waals surface area contributed by atoms with E-state index in [2.05, 4.69) is 25.2 Å². The summed E-state index contributed by atoms with van der Waals surface area (Å²) in [4.78, 5) is 0. The van der Waals surface area contributed by atoms with Crippen LogP contribution in [0.5, 0.6) is 5.75 Å². The van der Waals surface area contributed by atoms with Crippen LogP contribution >= 0.6 is 0 Å². The molecule has 0 atom stereocenters. The van der Waals surface area contributed by atoms with Gasteiger partial charge in [-0.25, -0.2) is 0 Å². The highest BCUT2D eigenvalue weighted by Crippen LogP contribution is 2.22. The number of aryl methyl sites for hydroxylation is 1. The number of anilines is 1. The molecular formula is C17H30N2O2. The van der Waals surface area contributed by atoms with Crippen molar-refractivity contribution in [2.75, 3.05) is 32.0 Å². The van der Waals surface area contributed by atoms with Gasteiger partial charge in [0.05, 0.1) is 18.4 Å². The zero-order valence-electron chi connectivity index (χ0n) is 13.7. The summed E-state index contributed by atoms with van der Waals surface area (Å²) >= 11 is 0. The van der Waals surface area contributed by atoms with Crippen molar-refractivity contribution in [3.8, 4) is 5.75 Å². The van der Waals surface area contributed by atoms with Crippen LogP contribution in [0.1, 0.15) is 39.2 Å². The van der Waals surface area contributed by atoms with E-state index in [0.29, 0.717) is 12.7 Å². The standard InChI is InChI=1S/C17H30N2O2/c1-4-20-17-9-8-15(13-16(17)18)7-5-10-19-11-6-12-21-14(2)3/h8-9,13-14,19H,4-7,10-12,18H2,1-3H3. The number of nitrogen functional groups attached to an aromatic ring is 1. The minimum absolute atomic E-state index is 0.329. The first kappa shape index (κ1) is 17.8. The monoisotopic (exact) mass is 294 g/mol. The highest BCUT2D eigenvalue weighted by Gasteiger charge is 2.01. The number of nitrogens with one attached hydrogen (secondary N) is 1. The van der Waals surface area contributed by atoms with Gasteiger partial charge in [0, 0.05) is 6.61 Å². The van der Waals surface area contributed by atoms with Gasteiger partial charge in [0.15, 0.2) is 0 Å². The number of nitrogens with two attached hydrogens (primary N) is 1. The molecule has 0 saturated carbocycles. The van der Waals surface area contributed by atoms with Gasteiger partial charge < -0.3 is 20.5 Å². The van der Waals surface area contributed by atoms with Gasteiger partial charge >= 0.3 is 0 Å². The molecule has 21 heavy (non-hydrogen) atoms.